The minimum atomic E-state index is 0.487. The Morgan fingerprint density at radius 3 is 2.89 bits per heavy atom. The third kappa shape index (κ3) is 3.28. The minimum Gasteiger partial charge on any atom is -0.489 e. The molecule has 0 aliphatic heterocycles. The first kappa shape index (κ1) is 13.5. The maximum absolute atomic E-state index is 6.10. The number of rotatable bonds is 6. The van der Waals surface area contributed by atoms with Crippen LogP contribution in [0.2, 0.25) is 5.02 Å². The van der Waals surface area contributed by atoms with Crippen molar-refractivity contribution >= 4 is 35.1 Å². The average Bonchev–Trinajstić information content (AvgIpc) is 2.41. The van der Waals surface area contributed by atoms with Crippen LogP contribution in [-0.4, -0.2) is 30.6 Å². The van der Waals surface area contributed by atoms with Crippen molar-refractivity contribution in [2.24, 2.45) is 0 Å². The summed E-state index contributed by atoms with van der Waals surface area (Å²) in [5.41, 5.74) is 0.777. The van der Waals surface area contributed by atoms with Crippen LogP contribution >= 0.6 is 24.2 Å². The highest BCUT2D eigenvalue weighted by molar-refractivity contribution is 7.80. The van der Waals surface area contributed by atoms with E-state index in [1.54, 1.807) is 6.20 Å². The SMILES string of the molecule is SCCOCCOc1ccc(Cl)c2cccnc12. The number of hydrogen-bond acceptors (Lipinski definition) is 4. The average molecular weight is 284 g/mol. The molecule has 5 heteroatoms. The topological polar surface area (TPSA) is 31.4 Å². The monoisotopic (exact) mass is 283 g/mol. The predicted octanol–water partition coefficient (Wildman–Crippen LogP) is 3.21. The van der Waals surface area contributed by atoms with Gasteiger partial charge in [0.05, 0.1) is 18.2 Å². The molecule has 0 unspecified atom stereocenters. The van der Waals surface area contributed by atoms with E-state index in [-0.39, 0.29) is 0 Å². The van der Waals surface area contributed by atoms with Gasteiger partial charge in [-0.2, -0.15) is 12.6 Å². The largest absolute Gasteiger partial charge is 0.489 e. The molecule has 0 saturated carbocycles. The van der Waals surface area contributed by atoms with Crippen molar-refractivity contribution in [2.75, 3.05) is 25.6 Å². The van der Waals surface area contributed by atoms with Gasteiger partial charge in [-0.05, 0) is 24.3 Å². The van der Waals surface area contributed by atoms with E-state index in [0.717, 1.165) is 16.7 Å². The highest BCUT2D eigenvalue weighted by atomic mass is 35.5. The van der Waals surface area contributed by atoms with Gasteiger partial charge in [-0.1, -0.05) is 11.6 Å². The van der Waals surface area contributed by atoms with Gasteiger partial charge in [0.2, 0.25) is 0 Å². The van der Waals surface area contributed by atoms with Gasteiger partial charge in [-0.25, -0.2) is 0 Å². The van der Waals surface area contributed by atoms with E-state index in [1.807, 2.05) is 24.3 Å². The van der Waals surface area contributed by atoms with E-state index in [2.05, 4.69) is 17.6 Å². The molecule has 18 heavy (non-hydrogen) atoms. The minimum absolute atomic E-state index is 0.487. The quantitative estimate of drug-likeness (QED) is 0.652. The maximum Gasteiger partial charge on any atom is 0.145 e. The Balaban J connectivity index is 2.07. The Hall–Kier alpha value is -0.970. The number of halogens is 1. The Kier molecular flexibility index (Phi) is 5.11. The molecule has 3 nitrogen and oxygen atoms in total. The summed E-state index contributed by atoms with van der Waals surface area (Å²) in [5.74, 6) is 1.44. The summed E-state index contributed by atoms with van der Waals surface area (Å²) < 4.78 is 10.9. The number of thiol groups is 1. The molecular weight excluding hydrogens is 270 g/mol. The van der Waals surface area contributed by atoms with Crippen LogP contribution < -0.4 is 4.74 Å². The van der Waals surface area contributed by atoms with E-state index >= 15 is 0 Å². The molecule has 0 saturated heterocycles. The molecule has 0 atom stereocenters. The summed E-state index contributed by atoms with van der Waals surface area (Å²) in [4.78, 5) is 4.29. The fraction of sp³-hybridized carbons (Fsp3) is 0.308. The summed E-state index contributed by atoms with van der Waals surface area (Å²) in [6, 6.07) is 7.43. The van der Waals surface area contributed by atoms with E-state index in [4.69, 9.17) is 21.1 Å². The van der Waals surface area contributed by atoms with Gasteiger partial charge in [0.1, 0.15) is 17.9 Å². The molecule has 2 rings (SSSR count). The van der Waals surface area contributed by atoms with E-state index < -0.39 is 0 Å². The molecule has 0 aliphatic carbocycles. The third-order valence-electron chi connectivity index (χ3n) is 2.40. The van der Waals surface area contributed by atoms with Crippen molar-refractivity contribution < 1.29 is 9.47 Å². The van der Waals surface area contributed by atoms with Crippen LogP contribution in [0.3, 0.4) is 0 Å². The van der Waals surface area contributed by atoms with E-state index in [9.17, 15) is 0 Å². The first-order valence-electron chi connectivity index (χ1n) is 5.67. The molecule has 96 valence electrons. The van der Waals surface area contributed by atoms with Gasteiger partial charge in [0, 0.05) is 17.3 Å². The molecule has 0 amide bonds. The second-order valence-electron chi connectivity index (χ2n) is 3.63. The highest BCUT2D eigenvalue weighted by Gasteiger charge is 2.06. The Morgan fingerprint density at radius 2 is 2.06 bits per heavy atom. The van der Waals surface area contributed by atoms with Crippen molar-refractivity contribution in [1.82, 2.24) is 4.98 Å². The number of ether oxygens (including phenoxy) is 2. The lowest BCUT2D eigenvalue weighted by Gasteiger charge is -2.09. The lowest BCUT2D eigenvalue weighted by molar-refractivity contribution is 0.112. The standard InChI is InChI=1S/C13H14ClNO2S/c14-11-3-4-12(17-7-6-16-8-9-18)13-10(11)2-1-5-15-13/h1-5,18H,6-9H2. The number of aromatic nitrogens is 1. The van der Waals surface area contributed by atoms with Gasteiger partial charge in [0.25, 0.3) is 0 Å². The van der Waals surface area contributed by atoms with Gasteiger partial charge >= 0.3 is 0 Å². The van der Waals surface area contributed by atoms with Crippen molar-refractivity contribution in [3.8, 4) is 5.75 Å². The van der Waals surface area contributed by atoms with E-state index in [1.165, 1.54) is 0 Å². The van der Waals surface area contributed by atoms with Crippen molar-refractivity contribution in [3.63, 3.8) is 0 Å². The zero-order valence-electron chi connectivity index (χ0n) is 9.80. The van der Waals surface area contributed by atoms with Gasteiger partial charge < -0.3 is 9.47 Å². The summed E-state index contributed by atoms with van der Waals surface area (Å²) in [5, 5.41) is 1.57. The molecule has 2 aromatic rings. The fourth-order valence-corrected chi connectivity index (χ4v) is 1.95. The van der Waals surface area contributed by atoms with Crippen LogP contribution in [0.15, 0.2) is 30.5 Å². The van der Waals surface area contributed by atoms with Crippen molar-refractivity contribution in [2.45, 2.75) is 0 Å². The van der Waals surface area contributed by atoms with E-state index in [0.29, 0.717) is 30.6 Å². The molecule has 0 fully saturated rings. The van der Waals surface area contributed by atoms with Gasteiger partial charge in [0.15, 0.2) is 0 Å². The maximum atomic E-state index is 6.10. The number of hydrogen-bond donors (Lipinski definition) is 1. The van der Waals surface area contributed by atoms with Crippen molar-refractivity contribution in [3.05, 3.63) is 35.5 Å². The molecule has 0 bridgehead atoms. The van der Waals surface area contributed by atoms with Crippen LogP contribution in [-0.2, 0) is 4.74 Å². The van der Waals surface area contributed by atoms with Crippen LogP contribution in [0.1, 0.15) is 0 Å². The second kappa shape index (κ2) is 6.83. The van der Waals surface area contributed by atoms with Gasteiger partial charge in [-0.3, -0.25) is 4.98 Å². The van der Waals surface area contributed by atoms with Crippen LogP contribution in [0.5, 0.6) is 5.75 Å². The number of fused-ring (bicyclic) bond motifs is 1. The second-order valence-corrected chi connectivity index (χ2v) is 4.48. The van der Waals surface area contributed by atoms with Crippen LogP contribution in [0, 0.1) is 0 Å². The molecular formula is C13H14ClNO2S. The van der Waals surface area contributed by atoms with Crippen molar-refractivity contribution in [1.29, 1.82) is 0 Å². The summed E-state index contributed by atoms with van der Waals surface area (Å²) in [7, 11) is 0. The molecule has 0 aliphatic rings. The number of nitrogens with zero attached hydrogens (tertiary/aromatic N) is 1. The lowest BCUT2D eigenvalue weighted by Crippen LogP contribution is -2.08. The predicted molar refractivity (Wildman–Crippen MR) is 76.9 cm³/mol. The normalized spacial score (nSPS) is 10.8. The molecule has 1 aromatic carbocycles. The number of benzene rings is 1. The first-order chi connectivity index (χ1) is 8.83. The van der Waals surface area contributed by atoms with Gasteiger partial charge in [-0.15, -0.1) is 0 Å². The molecule has 1 heterocycles. The summed E-state index contributed by atoms with van der Waals surface area (Å²) in [6.45, 7) is 1.66. The Labute approximate surface area is 116 Å². The van der Waals surface area contributed by atoms with Crippen LogP contribution in [0.25, 0.3) is 10.9 Å². The highest BCUT2D eigenvalue weighted by Crippen LogP contribution is 2.29. The molecule has 0 radical (unpaired) electrons. The molecule has 0 N–H and O–H groups in total. The summed E-state index contributed by atoms with van der Waals surface area (Å²) >= 11 is 10.2. The zero-order chi connectivity index (χ0) is 12.8. The number of pyridine rings is 1. The third-order valence-corrected chi connectivity index (χ3v) is 2.91. The Morgan fingerprint density at radius 1 is 1.17 bits per heavy atom. The molecule has 1 aromatic heterocycles. The Bertz CT molecular complexity index is 521. The van der Waals surface area contributed by atoms with Crippen LogP contribution in [0.4, 0.5) is 0 Å². The smallest absolute Gasteiger partial charge is 0.145 e. The summed E-state index contributed by atoms with van der Waals surface area (Å²) in [6.07, 6.45) is 1.73. The molecule has 0 spiro atoms. The zero-order valence-corrected chi connectivity index (χ0v) is 11.5. The lowest BCUT2D eigenvalue weighted by atomic mass is 10.2. The fourth-order valence-electron chi connectivity index (χ4n) is 1.61. The first-order valence-corrected chi connectivity index (χ1v) is 6.68.